The monoisotopic (exact) mass is 504 g/mol. The molecule has 4 aromatic rings. The molecule has 0 atom stereocenters. The predicted molar refractivity (Wildman–Crippen MR) is 122 cm³/mol. The Hall–Kier alpha value is -3.81. The van der Waals surface area contributed by atoms with Crippen molar-refractivity contribution in [3.63, 3.8) is 0 Å². The molecule has 4 aromatic carbocycles. The molecule has 0 saturated heterocycles. The first-order valence-corrected chi connectivity index (χ1v) is 11.0. The highest BCUT2D eigenvalue weighted by molar-refractivity contribution is 5.71. The van der Waals surface area contributed by atoms with Gasteiger partial charge in [-0.3, -0.25) is 0 Å². The number of benzene rings is 4. The zero-order valence-corrected chi connectivity index (χ0v) is 18.9. The predicted octanol–water partition coefficient (Wildman–Crippen LogP) is 8.80. The molecule has 0 heterocycles. The van der Waals surface area contributed by atoms with Gasteiger partial charge in [-0.1, -0.05) is 49.7 Å². The van der Waals surface area contributed by atoms with Gasteiger partial charge in [0.15, 0.2) is 11.6 Å². The second-order valence-corrected chi connectivity index (χ2v) is 8.15. The second-order valence-electron chi connectivity index (χ2n) is 8.15. The minimum absolute atomic E-state index is 0.199. The van der Waals surface area contributed by atoms with Gasteiger partial charge in [-0.25, -0.2) is 22.0 Å². The number of hydrogen-bond donors (Lipinski definition) is 0. The van der Waals surface area contributed by atoms with E-state index in [4.69, 9.17) is 0 Å². The average Bonchev–Trinajstić information content (AvgIpc) is 2.81. The van der Waals surface area contributed by atoms with Crippen LogP contribution >= 0.6 is 0 Å². The Kier molecular flexibility index (Phi) is 7.06. The summed E-state index contributed by atoms with van der Waals surface area (Å²) in [6, 6.07) is 14.2. The van der Waals surface area contributed by atoms with E-state index in [0.717, 1.165) is 24.0 Å². The number of rotatable bonds is 7. The van der Waals surface area contributed by atoms with Crippen LogP contribution < -0.4 is 4.74 Å². The lowest BCUT2D eigenvalue weighted by Gasteiger charge is -2.20. The van der Waals surface area contributed by atoms with E-state index < -0.39 is 46.5 Å². The molecule has 4 rings (SSSR count). The highest BCUT2D eigenvalue weighted by Crippen LogP contribution is 2.38. The van der Waals surface area contributed by atoms with Crippen LogP contribution in [0.15, 0.2) is 72.8 Å². The molecule has 0 aliphatic rings. The molecular formula is C28H19F7O. The third kappa shape index (κ3) is 5.22. The quantitative estimate of drug-likeness (QED) is 0.229. The molecule has 0 N–H and O–H groups in total. The molecular weight excluding hydrogens is 485 g/mol. The minimum atomic E-state index is -4.57. The molecule has 0 aliphatic heterocycles. The molecule has 0 radical (unpaired) electrons. The van der Waals surface area contributed by atoms with E-state index in [1.54, 1.807) is 6.07 Å². The smallest absolute Gasteiger partial charge is 0.429 e. The van der Waals surface area contributed by atoms with Crippen LogP contribution in [0.25, 0.3) is 22.3 Å². The number of alkyl halides is 2. The maximum absolute atomic E-state index is 14.9. The van der Waals surface area contributed by atoms with E-state index in [0.29, 0.717) is 35.9 Å². The second kappa shape index (κ2) is 10.0. The van der Waals surface area contributed by atoms with Crippen LogP contribution in [0.4, 0.5) is 30.7 Å². The van der Waals surface area contributed by atoms with E-state index in [2.05, 4.69) is 11.7 Å². The fourth-order valence-corrected chi connectivity index (χ4v) is 3.83. The van der Waals surface area contributed by atoms with Crippen molar-refractivity contribution < 1.29 is 35.5 Å². The first-order valence-electron chi connectivity index (χ1n) is 11.0. The Bertz CT molecular complexity index is 1370. The molecule has 0 aromatic heterocycles. The van der Waals surface area contributed by atoms with E-state index in [1.165, 1.54) is 12.1 Å². The number of halogens is 7. The summed E-state index contributed by atoms with van der Waals surface area (Å²) in [6.07, 6.45) is -2.67. The van der Waals surface area contributed by atoms with Gasteiger partial charge in [-0.15, -0.1) is 0 Å². The largest absolute Gasteiger partial charge is 0.432 e. The van der Waals surface area contributed by atoms with Gasteiger partial charge in [-0.2, -0.15) is 8.78 Å². The fraction of sp³-hybridized carbons (Fsp3) is 0.143. The Morgan fingerprint density at radius 1 is 0.611 bits per heavy atom. The molecule has 8 heteroatoms. The van der Waals surface area contributed by atoms with Gasteiger partial charge >= 0.3 is 6.11 Å². The molecule has 0 fully saturated rings. The Labute approximate surface area is 202 Å². The maximum atomic E-state index is 14.9. The number of aryl methyl sites for hydroxylation is 1. The van der Waals surface area contributed by atoms with E-state index >= 15 is 0 Å². The highest BCUT2D eigenvalue weighted by Gasteiger charge is 2.41. The summed E-state index contributed by atoms with van der Waals surface area (Å²) in [4.78, 5) is 0. The fourth-order valence-electron chi connectivity index (χ4n) is 3.83. The van der Waals surface area contributed by atoms with Crippen molar-refractivity contribution in [2.45, 2.75) is 25.9 Å². The van der Waals surface area contributed by atoms with E-state index in [1.807, 2.05) is 24.3 Å². The Morgan fingerprint density at radius 3 is 1.81 bits per heavy atom. The summed E-state index contributed by atoms with van der Waals surface area (Å²) in [5.41, 5.74) is 0.149. The van der Waals surface area contributed by atoms with Gasteiger partial charge in [-0.05, 0) is 59.0 Å². The number of ether oxygens (including phenoxy) is 1. The van der Waals surface area contributed by atoms with Gasteiger partial charge in [0, 0.05) is 11.6 Å². The third-order valence-corrected chi connectivity index (χ3v) is 5.58. The maximum Gasteiger partial charge on any atom is 0.432 e. The summed E-state index contributed by atoms with van der Waals surface area (Å²) in [5.74, 6) is -7.84. The molecule has 1 nitrogen and oxygen atoms in total. The van der Waals surface area contributed by atoms with Crippen LogP contribution in [0, 0.1) is 29.1 Å². The lowest BCUT2D eigenvalue weighted by Crippen LogP contribution is -2.25. The number of hydrogen-bond acceptors (Lipinski definition) is 1. The lowest BCUT2D eigenvalue weighted by atomic mass is 9.97. The van der Waals surface area contributed by atoms with Crippen LogP contribution in [0.3, 0.4) is 0 Å². The summed E-state index contributed by atoms with van der Waals surface area (Å²) in [7, 11) is 0. The Balaban J connectivity index is 1.63. The molecule has 0 saturated carbocycles. The van der Waals surface area contributed by atoms with Crippen molar-refractivity contribution in [1.82, 2.24) is 0 Å². The summed E-state index contributed by atoms with van der Waals surface area (Å²) >= 11 is 0. The molecule has 0 aliphatic carbocycles. The van der Waals surface area contributed by atoms with Gasteiger partial charge in [0.05, 0.1) is 0 Å². The lowest BCUT2D eigenvalue weighted by molar-refractivity contribution is -0.189. The zero-order valence-electron chi connectivity index (χ0n) is 18.9. The standard InChI is InChI=1S/C28H19F7O/c1-2-3-16-4-6-17(7-5-16)18-8-10-21(23(30)12-18)19-13-25(32)27(26(33)14-19)28(34,35)36-20-9-11-22(29)24(31)15-20/h4-15H,2-3H2,1H3. The third-order valence-electron chi connectivity index (χ3n) is 5.58. The van der Waals surface area contributed by atoms with Crippen LogP contribution in [-0.2, 0) is 12.5 Å². The van der Waals surface area contributed by atoms with Crippen LogP contribution in [0.1, 0.15) is 24.5 Å². The topological polar surface area (TPSA) is 9.23 Å². The molecule has 0 unspecified atom stereocenters. The van der Waals surface area contributed by atoms with E-state index in [9.17, 15) is 30.7 Å². The highest BCUT2D eigenvalue weighted by atomic mass is 19.3. The normalized spacial score (nSPS) is 11.6. The van der Waals surface area contributed by atoms with Gasteiger partial charge in [0.2, 0.25) is 0 Å². The first-order chi connectivity index (χ1) is 17.1. The average molecular weight is 504 g/mol. The summed E-state index contributed by atoms with van der Waals surface area (Å²) < 4.78 is 104. The molecule has 0 bridgehead atoms. The van der Waals surface area contributed by atoms with Crippen LogP contribution in [0.5, 0.6) is 5.75 Å². The SMILES string of the molecule is CCCc1ccc(-c2ccc(-c3cc(F)c(C(F)(F)Oc4ccc(F)c(F)c4)c(F)c3)c(F)c2)cc1. The molecule has 0 spiro atoms. The zero-order chi connectivity index (χ0) is 26.0. The summed E-state index contributed by atoms with van der Waals surface area (Å²) in [5, 5.41) is 0. The van der Waals surface area contributed by atoms with E-state index in [-0.39, 0.29) is 11.1 Å². The van der Waals surface area contributed by atoms with Crippen molar-refractivity contribution in [3.8, 4) is 28.0 Å². The minimum Gasteiger partial charge on any atom is -0.429 e. The van der Waals surface area contributed by atoms with Gasteiger partial charge in [0.1, 0.15) is 28.8 Å². The molecule has 36 heavy (non-hydrogen) atoms. The molecule has 0 amide bonds. The van der Waals surface area contributed by atoms with Crippen molar-refractivity contribution in [2.75, 3.05) is 0 Å². The van der Waals surface area contributed by atoms with Crippen molar-refractivity contribution in [1.29, 1.82) is 0 Å². The van der Waals surface area contributed by atoms with Crippen molar-refractivity contribution >= 4 is 0 Å². The Morgan fingerprint density at radius 2 is 1.22 bits per heavy atom. The molecule has 186 valence electrons. The van der Waals surface area contributed by atoms with Crippen molar-refractivity contribution in [3.05, 3.63) is 113 Å². The summed E-state index contributed by atoms with van der Waals surface area (Å²) in [6.45, 7) is 2.06. The van der Waals surface area contributed by atoms with Crippen molar-refractivity contribution in [2.24, 2.45) is 0 Å². The van der Waals surface area contributed by atoms with Gasteiger partial charge in [0.25, 0.3) is 0 Å². The first kappa shape index (κ1) is 25.3. The van der Waals surface area contributed by atoms with Crippen LogP contribution in [-0.4, -0.2) is 0 Å². The van der Waals surface area contributed by atoms with Gasteiger partial charge < -0.3 is 4.74 Å². The van der Waals surface area contributed by atoms with Crippen LogP contribution in [0.2, 0.25) is 0 Å².